The number of fused-ring (bicyclic) bond motifs is 7. The van der Waals surface area contributed by atoms with E-state index >= 15 is 0 Å². The second-order valence-corrected chi connectivity index (χ2v) is 11.8. The number of carbonyl (C=O) groups excluding carboxylic acids is 2. The molecule has 10 nitrogen and oxygen atoms in total. The van der Waals surface area contributed by atoms with Crippen LogP contribution in [0.15, 0.2) is 18.0 Å². The number of hydrogen-bond acceptors (Lipinski definition) is 5. The number of aliphatic hydroxyl groups is 1. The largest absolute Gasteiger partial charge is 2.00 e. The Morgan fingerprint density at radius 1 is 1.00 bits per heavy atom. The maximum absolute atomic E-state index is 14.0. The molecule has 46 heavy (non-hydrogen) atoms. The minimum atomic E-state index is -1.39. The number of carboxylic acid groups (broad SMARTS) is 1. The summed E-state index contributed by atoms with van der Waals surface area (Å²) in [5, 5.41) is 25.5. The molecule has 234 valence electrons. The maximum Gasteiger partial charge on any atom is 2.00 e. The van der Waals surface area contributed by atoms with Crippen molar-refractivity contribution in [2.24, 2.45) is 17.8 Å². The van der Waals surface area contributed by atoms with E-state index in [0.717, 1.165) is 45.1 Å². The van der Waals surface area contributed by atoms with Crippen molar-refractivity contribution in [3.05, 3.63) is 90.1 Å². The van der Waals surface area contributed by atoms with Gasteiger partial charge in [0.05, 0.1) is 0 Å². The molecule has 0 radical (unpaired) electrons. The van der Waals surface area contributed by atoms with E-state index in [4.69, 9.17) is 25.0 Å². The number of Topliss-reactive ketones (excluding diaryl/α,β-unsaturated/α-hetero) is 1. The minimum Gasteiger partial charge on any atom is -0.664 e. The first-order valence-electron chi connectivity index (χ1n) is 15.0. The summed E-state index contributed by atoms with van der Waals surface area (Å²) in [5.41, 5.74) is 8.41. The van der Waals surface area contributed by atoms with Crippen LogP contribution in [0.4, 0.5) is 0 Å². The van der Waals surface area contributed by atoms with Gasteiger partial charge in [0.2, 0.25) is 0 Å². The summed E-state index contributed by atoms with van der Waals surface area (Å²) in [7, 11) is 0. The zero-order valence-corrected chi connectivity index (χ0v) is 28.0. The number of allylic oxidation sites excluding steroid dienone is 2. The van der Waals surface area contributed by atoms with E-state index in [1.807, 2.05) is 39.0 Å². The van der Waals surface area contributed by atoms with E-state index in [1.54, 1.807) is 13.0 Å². The summed E-state index contributed by atoms with van der Waals surface area (Å²) in [4.78, 5) is 53.8. The molecule has 3 atom stereocenters. The van der Waals surface area contributed by atoms with E-state index < -0.39 is 36.4 Å². The third kappa shape index (κ3) is 5.20. The predicted octanol–water partition coefficient (Wildman–Crippen LogP) is 2.84. The summed E-state index contributed by atoms with van der Waals surface area (Å²) < 4.78 is 4.96. The van der Waals surface area contributed by atoms with Crippen molar-refractivity contribution in [3.63, 3.8) is 0 Å². The molecule has 3 aromatic rings. The Bertz CT molecular complexity index is 1990. The van der Waals surface area contributed by atoms with Gasteiger partial charge in [0.25, 0.3) is 0 Å². The Morgan fingerprint density at radius 2 is 1.70 bits per heavy atom. The zero-order valence-electron chi connectivity index (χ0n) is 26.6. The van der Waals surface area contributed by atoms with Gasteiger partial charge < -0.3 is 35.2 Å². The fourth-order valence-electron chi connectivity index (χ4n) is 6.96. The van der Waals surface area contributed by atoms with Crippen LogP contribution in [-0.2, 0) is 20.7 Å². The number of carboxylic acids is 1. The van der Waals surface area contributed by atoms with Gasteiger partial charge in [-0.1, -0.05) is 72.6 Å². The van der Waals surface area contributed by atoms with Crippen LogP contribution in [-0.4, -0.2) is 57.8 Å². The van der Waals surface area contributed by atoms with E-state index in [-0.39, 0.29) is 41.8 Å². The van der Waals surface area contributed by atoms with Crippen LogP contribution in [0.2, 0.25) is 0 Å². The first kappa shape index (κ1) is 33.3. The standard InChI is InChI=1S/C35H36N4O6.Mg/c1-7-19-15(3)22-11-24-17(5)21(9-10-28(41)42)32(38-24)30-31(35(44)45-14-40)34(43)29-18(6)25(39-33(29)30)13-27-20(8-2)16(4)23(37-27)12-26(19)36-22;/h7,11-13,17,21,31,40H,1,8-10,14H2,2-6H3,(H3,38,39,41,42,43);/q-2;+2/p-2/b23-12-,24-11-,27-13-;/t17-,21-,31+;/m0./s1. The van der Waals surface area contributed by atoms with Gasteiger partial charge in [-0.05, 0) is 51.0 Å². The van der Waals surface area contributed by atoms with Crippen molar-refractivity contribution in [1.29, 1.82) is 0 Å². The molecule has 0 spiro atoms. The first-order valence-corrected chi connectivity index (χ1v) is 15.0. The second-order valence-electron chi connectivity index (χ2n) is 11.8. The van der Waals surface area contributed by atoms with Crippen molar-refractivity contribution in [1.82, 2.24) is 15.0 Å². The molecule has 1 fully saturated rings. The average molecular weight is 631 g/mol. The zero-order chi connectivity index (χ0) is 32.3. The van der Waals surface area contributed by atoms with Gasteiger partial charge >= 0.3 is 35.0 Å². The first-order chi connectivity index (χ1) is 21.5. The Hall–Kier alpha value is -4.06. The van der Waals surface area contributed by atoms with Gasteiger partial charge in [0, 0.05) is 12.0 Å². The molecule has 2 aliphatic heterocycles. The van der Waals surface area contributed by atoms with Crippen LogP contribution < -0.4 is 25.7 Å². The normalized spacial score (nSPS) is 23.7. The number of aliphatic hydroxyl groups excluding tert-OH is 1. The van der Waals surface area contributed by atoms with Crippen molar-refractivity contribution in [2.45, 2.75) is 53.9 Å². The molecule has 0 unspecified atom stereocenters. The molecule has 5 heterocycles. The van der Waals surface area contributed by atoms with Crippen LogP contribution in [0, 0.1) is 38.5 Å². The fraction of sp³-hybridized carbons (Fsp3) is 0.343. The van der Waals surface area contributed by atoms with Crippen LogP contribution >= 0.6 is 0 Å². The van der Waals surface area contributed by atoms with Crippen molar-refractivity contribution < 1.29 is 29.3 Å². The smallest absolute Gasteiger partial charge is 0.664 e. The monoisotopic (exact) mass is 630 g/mol. The molecule has 3 aliphatic rings. The second kappa shape index (κ2) is 12.6. The SMILES string of the molecule is C=Cc1c2[n-]c(c1C)/C=C1\[N-]/C(=C3\c4[n-]c(c(C)c4C(=O)[C@@H]3C(=O)OCO)/C=c3\[n-]/c(c(C)c3CC)=C\2)[C@@H](CCC(=O)O)[C@@H]1C.[Mg+2]. The van der Waals surface area contributed by atoms with Gasteiger partial charge in [0.15, 0.2) is 12.6 Å². The quantitative estimate of drug-likeness (QED) is 0.173. The maximum atomic E-state index is 14.0. The Kier molecular flexibility index (Phi) is 9.13. The Balaban J connectivity index is 0.00000417. The number of ketones is 1. The molecule has 0 saturated carbocycles. The Morgan fingerprint density at radius 3 is 2.35 bits per heavy atom. The molecule has 8 bridgehead atoms. The molecule has 2 N–H and O–H groups in total. The number of aromatic nitrogens is 3. The summed E-state index contributed by atoms with van der Waals surface area (Å²) in [6, 6.07) is 0. The predicted molar refractivity (Wildman–Crippen MR) is 174 cm³/mol. The van der Waals surface area contributed by atoms with Gasteiger partial charge in [0.1, 0.15) is 5.92 Å². The van der Waals surface area contributed by atoms with E-state index in [9.17, 15) is 24.6 Å². The Labute approximate surface area is 282 Å². The van der Waals surface area contributed by atoms with Crippen LogP contribution in [0.1, 0.15) is 87.6 Å². The van der Waals surface area contributed by atoms with Crippen LogP contribution in [0.3, 0.4) is 0 Å². The minimum absolute atomic E-state index is 0. The topological polar surface area (TPSA) is 157 Å². The summed E-state index contributed by atoms with van der Waals surface area (Å²) in [5.74, 6) is -4.44. The molecule has 0 amide bonds. The molecule has 1 aliphatic carbocycles. The molecule has 1 saturated heterocycles. The van der Waals surface area contributed by atoms with Crippen LogP contribution in [0.25, 0.3) is 35.2 Å². The molecule has 6 rings (SSSR count). The van der Waals surface area contributed by atoms with Crippen molar-refractivity contribution in [3.8, 4) is 0 Å². The van der Waals surface area contributed by atoms with Gasteiger partial charge in [-0.2, -0.15) is 11.4 Å². The van der Waals surface area contributed by atoms with Gasteiger partial charge in [-0.3, -0.25) is 14.4 Å². The number of carbonyl (C=O) groups is 3. The third-order valence-electron chi connectivity index (χ3n) is 9.42. The molecular weight excluding hydrogens is 597 g/mol. The number of esters is 1. The summed E-state index contributed by atoms with van der Waals surface area (Å²) in [6.07, 6.45) is 8.30. The summed E-state index contributed by atoms with van der Waals surface area (Å²) in [6.45, 7) is 12.9. The number of aliphatic carboxylic acids is 1. The fourth-order valence-corrected chi connectivity index (χ4v) is 6.96. The average Bonchev–Trinajstić information content (AvgIpc) is 3.73. The number of rotatable bonds is 7. The molecule has 11 heteroatoms. The molecule has 3 aromatic heterocycles. The van der Waals surface area contributed by atoms with Crippen LogP contribution in [0.5, 0.6) is 0 Å². The molecule has 0 aromatic carbocycles. The number of ether oxygens (including phenoxy) is 1. The summed E-state index contributed by atoms with van der Waals surface area (Å²) >= 11 is 0. The van der Waals surface area contributed by atoms with Crippen molar-refractivity contribution >= 4 is 70.7 Å². The third-order valence-corrected chi connectivity index (χ3v) is 9.42. The van der Waals surface area contributed by atoms with E-state index in [2.05, 4.69) is 13.5 Å². The van der Waals surface area contributed by atoms with Crippen molar-refractivity contribution in [2.75, 3.05) is 6.79 Å². The molecular formula is C35H34MgN4O6-2. The van der Waals surface area contributed by atoms with E-state index in [0.29, 0.717) is 45.2 Å². The number of nitrogens with zero attached hydrogens (tertiary/aromatic N) is 4. The van der Waals surface area contributed by atoms with Gasteiger partial charge in [-0.25, -0.2) is 0 Å². The van der Waals surface area contributed by atoms with E-state index in [1.165, 1.54) is 0 Å². The van der Waals surface area contributed by atoms with Gasteiger partial charge in [-0.15, -0.1) is 33.5 Å². The number of hydrogen-bond donors (Lipinski definition) is 2.